The van der Waals surface area contributed by atoms with Crippen molar-refractivity contribution in [2.45, 2.75) is 32.2 Å². The molecule has 0 saturated carbocycles. The van der Waals surface area contributed by atoms with Gasteiger partial charge in [-0.05, 0) is 48.6 Å². The Balaban J connectivity index is 1.97. The Morgan fingerprint density at radius 1 is 1.29 bits per heavy atom. The van der Waals surface area contributed by atoms with E-state index in [1.807, 2.05) is 12.4 Å². The highest BCUT2D eigenvalue weighted by atomic mass is 16.3. The van der Waals surface area contributed by atoms with Crippen LogP contribution in [0.1, 0.15) is 36.1 Å². The summed E-state index contributed by atoms with van der Waals surface area (Å²) in [6.45, 7) is 4.30. The van der Waals surface area contributed by atoms with Gasteiger partial charge in [-0.1, -0.05) is 6.92 Å². The maximum Gasteiger partial charge on any atom is 0.165 e. The van der Waals surface area contributed by atoms with Gasteiger partial charge in [0.05, 0.1) is 0 Å². The third-order valence-corrected chi connectivity index (χ3v) is 4.87. The van der Waals surface area contributed by atoms with Crippen LogP contribution in [-0.2, 0) is 12.8 Å². The molecule has 0 saturated heterocycles. The summed E-state index contributed by atoms with van der Waals surface area (Å²) in [5.74, 6) is 0.0261. The molecule has 1 atom stereocenters. The smallest absolute Gasteiger partial charge is 0.165 e. The monoisotopic (exact) mass is 284 g/mol. The van der Waals surface area contributed by atoms with Crippen LogP contribution in [0.25, 0.3) is 11.1 Å². The third-order valence-electron chi connectivity index (χ3n) is 4.87. The molecule has 1 aromatic heterocycles. The van der Waals surface area contributed by atoms with Gasteiger partial charge in [-0.3, -0.25) is 4.90 Å². The van der Waals surface area contributed by atoms with Crippen molar-refractivity contribution in [2.24, 2.45) is 0 Å². The molecule has 2 heterocycles. The van der Waals surface area contributed by atoms with Crippen molar-refractivity contribution in [2.75, 3.05) is 13.1 Å². The number of hydrogen-bond acceptors (Lipinski definition) is 3. The zero-order chi connectivity index (χ0) is 14.6. The van der Waals surface area contributed by atoms with E-state index in [0.29, 0.717) is 6.04 Å². The number of phenols is 2. The molecule has 4 rings (SSSR count). The Morgan fingerprint density at radius 3 is 2.95 bits per heavy atom. The Morgan fingerprint density at radius 2 is 2.14 bits per heavy atom. The lowest BCUT2D eigenvalue weighted by atomic mass is 9.78. The molecule has 110 valence electrons. The summed E-state index contributed by atoms with van der Waals surface area (Å²) in [5.41, 5.74) is 5.50. The molecule has 1 unspecified atom stereocenters. The van der Waals surface area contributed by atoms with Gasteiger partial charge in [-0.25, -0.2) is 0 Å². The van der Waals surface area contributed by atoms with Crippen LogP contribution in [0, 0.1) is 0 Å². The molecule has 2 aliphatic rings. The van der Waals surface area contributed by atoms with Crippen molar-refractivity contribution < 1.29 is 10.2 Å². The van der Waals surface area contributed by atoms with Crippen LogP contribution in [0.5, 0.6) is 11.5 Å². The van der Waals surface area contributed by atoms with E-state index >= 15 is 0 Å². The van der Waals surface area contributed by atoms with Crippen LogP contribution in [0.15, 0.2) is 18.5 Å². The molecule has 0 fully saturated rings. The zero-order valence-electron chi connectivity index (χ0n) is 12.2. The summed E-state index contributed by atoms with van der Waals surface area (Å²) in [6, 6.07) is 2.07. The summed E-state index contributed by atoms with van der Waals surface area (Å²) in [4.78, 5) is 5.66. The fourth-order valence-corrected chi connectivity index (χ4v) is 3.98. The molecule has 0 spiro atoms. The zero-order valence-corrected chi connectivity index (χ0v) is 12.2. The van der Waals surface area contributed by atoms with E-state index in [2.05, 4.69) is 16.8 Å². The van der Waals surface area contributed by atoms with Crippen molar-refractivity contribution in [1.29, 1.82) is 0 Å². The first-order valence-electron chi connectivity index (χ1n) is 7.68. The van der Waals surface area contributed by atoms with Gasteiger partial charge in [0.1, 0.15) is 0 Å². The molecule has 2 aromatic rings. The molecule has 4 nitrogen and oxygen atoms in total. The third kappa shape index (κ3) is 1.72. The van der Waals surface area contributed by atoms with Crippen LogP contribution >= 0.6 is 0 Å². The molecular formula is C17H20N2O2. The van der Waals surface area contributed by atoms with Crippen molar-refractivity contribution in [3.63, 3.8) is 0 Å². The molecule has 4 heteroatoms. The SMILES string of the molecule is CCCN1CCc2cc(O)c(O)c3c2C1Cc1c[nH]cc1-3. The maximum absolute atomic E-state index is 10.4. The Labute approximate surface area is 124 Å². The lowest BCUT2D eigenvalue weighted by molar-refractivity contribution is 0.182. The van der Waals surface area contributed by atoms with Crippen LogP contribution < -0.4 is 0 Å². The quantitative estimate of drug-likeness (QED) is 0.743. The Bertz CT molecular complexity index is 705. The van der Waals surface area contributed by atoms with Crippen LogP contribution in [0.4, 0.5) is 0 Å². The second-order valence-corrected chi connectivity index (χ2v) is 6.09. The minimum atomic E-state index is 0.000455. The van der Waals surface area contributed by atoms with Gasteiger partial charge in [0, 0.05) is 36.1 Å². The Hall–Kier alpha value is -1.94. The van der Waals surface area contributed by atoms with E-state index in [4.69, 9.17) is 0 Å². The number of rotatable bonds is 2. The number of aromatic amines is 1. The molecule has 0 radical (unpaired) electrons. The molecular weight excluding hydrogens is 264 g/mol. The second-order valence-electron chi connectivity index (χ2n) is 6.09. The van der Waals surface area contributed by atoms with E-state index in [9.17, 15) is 10.2 Å². The summed E-state index contributed by atoms with van der Waals surface area (Å²) < 4.78 is 0. The van der Waals surface area contributed by atoms with Crippen LogP contribution in [0.3, 0.4) is 0 Å². The number of benzene rings is 1. The van der Waals surface area contributed by atoms with Gasteiger partial charge in [-0.2, -0.15) is 0 Å². The van der Waals surface area contributed by atoms with E-state index in [-0.39, 0.29) is 11.5 Å². The van der Waals surface area contributed by atoms with E-state index < -0.39 is 0 Å². The average Bonchev–Trinajstić information content (AvgIpc) is 2.94. The van der Waals surface area contributed by atoms with Gasteiger partial charge < -0.3 is 15.2 Å². The number of aromatic hydroxyl groups is 2. The van der Waals surface area contributed by atoms with Gasteiger partial charge in [0.25, 0.3) is 0 Å². The summed E-state index contributed by atoms with van der Waals surface area (Å²) in [6.07, 6.45) is 6.99. The fourth-order valence-electron chi connectivity index (χ4n) is 3.98. The van der Waals surface area contributed by atoms with Gasteiger partial charge in [0.2, 0.25) is 0 Å². The molecule has 1 aliphatic carbocycles. The standard InChI is InChI=1S/C17H20N2O2/c1-2-4-19-5-3-10-7-14(20)17(21)16-12-9-18-8-11(12)6-13(19)15(10)16/h7-9,13,18,20-21H,2-6H2,1H3. The highest BCUT2D eigenvalue weighted by Crippen LogP contribution is 2.51. The highest BCUT2D eigenvalue weighted by Gasteiger charge is 2.36. The molecule has 0 bridgehead atoms. The van der Waals surface area contributed by atoms with E-state index in [0.717, 1.165) is 43.5 Å². The van der Waals surface area contributed by atoms with Crippen LogP contribution in [-0.4, -0.2) is 33.2 Å². The number of H-pyrrole nitrogens is 1. The van der Waals surface area contributed by atoms with Gasteiger partial charge in [0.15, 0.2) is 11.5 Å². The summed E-state index contributed by atoms with van der Waals surface area (Å²) in [7, 11) is 0. The minimum absolute atomic E-state index is 0.000455. The normalized spacial score (nSPS) is 20.1. The highest BCUT2D eigenvalue weighted by molar-refractivity contribution is 5.82. The average molecular weight is 284 g/mol. The van der Waals surface area contributed by atoms with Gasteiger partial charge in [-0.15, -0.1) is 0 Å². The predicted octanol–water partition coefficient (Wildman–Crippen LogP) is 2.96. The predicted molar refractivity (Wildman–Crippen MR) is 81.6 cm³/mol. The maximum atomic E-state index is 10.4. The molecule has 21 heavy (non-hydrogen) atoms. The van der Waals surface area contributed by atoms with E-state index in [1.165, 1.54) is 16.7 Å². The Kier molecular flexibility index (Phi) is 2.76. The lowest BCUT2D eigenvalue weighted by Crippen LogP contribution is -2.38. The first-order chi connectivity index (χ1) is 10.2. The van der Waals surface area contributed by atoms with Crippen molar-refractivity contribution in [3.8, 4) is 22.6 Å². The summed E-state index contributed by atoms with van der Waals surface area (Å²) in [5, 5.41) is 20.5. The molecule has 1 aromatic carbocycles. The van der Waals surface area contributed by atoms with E-state index in [1.54, 1.807) is 6.07 Å². The van der Waals surface area contributed by atoms with Crippen molar-refractivity contribution in [3.05, 3.63) is 35.2 Å². The topological polar surface area (TPSA) is 59.5 Å². The van der Waals surface area contributed by atoms with Crippen molar-refractivity contribution >= 4 is 0 Å². The first kappa shape index (κ1) is 12.8. The lowest BCUT2D eigenvalue weighted by Gasteiger charge is -2.41. The number of phenolic OH excluding ortho intramolecular Hbond substituents is 2. The molecule has 3 N–H and O–H groups in total. The van der Waals surface area contributed by atoms with Crippen molar-refractivity contribution in [1.82, 2.24) is 9.88 Å². The number of fused-ring (bicyclic) bond motifs is 2. The number of nitrogens with one attached hydrogen (secondary N) is 1. The molecule has 1 aliphatic heterocycles. The number of hydrogen-bond donors (Lipinski definition) is 3. The fraction of sp³-hybridized carbons (Fsp3) is 0.412. The molecule has 0 amide bonds. The minimum Gasteiger partial charge on any atom is -0.504 e. The second kappa shape index (κ2) is 4.53. The van der Waals surface area contributed by atoms with Crippen LogP contribution in [0.2, 0.25) is 0 Å². The number of aromatic nitrogens is 1. The van der Waals surface area contributed by atoms with Gasteiger partial charge >= 0.3 is 0 Å². The summed E-state index contributed by atoms with van der Waals surface area (Å²) >= 11 is 0. The number of nitrogens with zero attached hydrogens (tertiary/aromatic N) is 1. The largest absolute Gasteiger partial charge is 0.504 e. The first-order valence-corrected chi connectivity index (χ1v) is 7.68.